The Morgan fingerprint density at radius 2 is 2.09 bits per heavy atom. The predicted molar refractivity (Wildman–Crippen MR) is 84.4 cm³/mol. The monoisotopic (exact) mass is 329 g/mol. The Morgan fingerprint density at radius 1 is 1.36 bits per heavy atom. The molecule has 2 amide bonds. The van der Waals surface area contributed by atoms with Crippen molar-refractivity contribution in [1.29, 1.82) is 0 Å². The van der Waals surface area contributed by atoms with Crippen LogP contribution in [0.2, 0.25) is 0 Å². The highest BCUT2D eigenvalue weighted by molar-refractivity contribution is 7.99. The Morgan fingerprint density at radius 3 is 2.68 bits per heavy atom. The number of anilines is 1. The quantitative estimate of drug-likeness (QED) is 0.784. The van der Waals surface area contributed by atoms with Crippen molar-refractivity contribution in [2.45, 2.75) is 26.4 Å². The van der Waals surface area contributed by atoms with Crippen molar-refractivity contribution < 1.29 is 18.7 Å². The van der Waals surface area contributed by atoms with Gasteiger partial charge in [-0.25, -0.2) is 14.2 Å². The largest absolute Gasteiger partial charge is 0.444 e. The Bertz CT molecular complexity index is 503. The van der Waals surface area contributed by atoms with E-state index in [-0.39, 0.29) is 11.7 Å². The molecular weight excluding hydrogens is 309 g/mol. The standard InChI is InChI=1S/C14H20FN3O3S/c1-14(2,3)21-13(20)16-6-7-22-9-12(19)18-11-5-4-10(15)8-17-11/h4-5,8H,6-7,9H2,1-3H3,(H,16,20)(H,17,18,19). The third-order valence-corrected chi connectivity index (χ3v) is 3.10. The van der Waals surface area contributed by atoms with Crippen LogP contribution in [-0.2, 0) is 9.53 Å². The second kappa shape index (κ2) is 8.57. The van der Waals surface area contributed by atoms with Crippen molar-refractivity contribution in [1.82, 2.24) is 10.3 Å². The molecule has 0 unspecified atom stereocenters. The van der Waals surface area contributed by atoms with Gasteiger partial charge in [-0.2, -0.15) is 11.8 Å². The van der Waals surface area contributed by atoms with Gasteiger partial charge in [0.1, 0.15) is 17.2 Å². The van der Waals surface area contributed by atoms with Crippen LogP contribution >= 0.6 is 11.8 Å². The molecule has 1 heterocycles. The van der Waals surface area contributed by atoms with Crippen LogP contribution in [0.25, 0.3) is 0 Å². The molecular formula is C14H20FN3O3S. The summed E-state index contributed by atoms with van der Waals surface area (Å²) in [5.74, 6) is 0.402. The zero-order valence-corrected chi connectivity index (χ0v) is 13.6. The van der Waals surface area contributed by atoms with E-state index >= 15 is 0 Å². The Hall–Kier alpha value is -1.83. The number of hydrogen-bond acceptors (Lipinski definition) is 5. The number of aromatic nitrogens is 1. The fraction of sp³-hybridized carbons (Fsp3) is 0.500. The number of amides is 2. The van der Waals surface area contributed by atoms with Crippen molar-refractivity contribution in [3.05, 3.63) is 24.1 Å². The number of carbonyl (C=O) groups is 2. The van der Waals surface area contributed by atoms with E-state index in [0.717, 1.165) is 6.20 Å². The Labute approximate surface area is 133 Å². The molecule has 0 saturated carbocycles. The minimum atomic E-state index is -0.529. The molecule has 1 rings (SSSR count). The summed E-state index contributed by atoms with van der Waals surface area (Å²) in [5, 5.41) is 5.15. The van der Waals surface area contributed by atoms with Gasteiger partial charge in [0.05, 0.1) is 11.9 Å². The van der Waals surface area contributed by atoms with Crippen molar-refractivity contribution in [2.24, 2.45) is 0 Å². The first-order valence-electron chi connectivity index (χ1n) is 6.72. The minimum Gasteiger partial charge on any atom is -0.444 e. The fourth-order valence-electron chi connectivity index (χ4n) is 1.33. The van der Waals surface area contributed by atoms with E-state index in [0.29, 0.717) is 18.1 Å². The second-order valence-corrected chi connectivity index (χ2v) is 6.50. The first-order valence-corrected chi connectivity index (χ1v) is 7.88. The molecule has 0 aliphatic carbocycles. The average Bonchev–Trinajstić information content (AvgIpc) is 2.39. The number of carbonyl (C=O) groups excluding carboxylic acids is 2. The summed E-state index contributed by atoms with van der Waals surface area (Å²) < 4.78 is 17.7. The lowest BCUT2D eigenvalue weighted by atomic mass is 10.2. The molecule has 0 atom stereocenters. The van der Waals surface area contributed by atoms with Crippen molar-refractivity contribution in [2.75, 3.05) is 23.4 Å². The molecule has 0 radical (unpaired) electrons. The van der Waals surface area contributed by atoms with E-state index in [2.05, 4.69) is 15.6 Å². The van der Waals surface area contributed by atoms with E-state index in [1.807, 2.05) is 0 Å². The fourth-order valence-corrected chi connectivity index (χ4v) is 1.98. The zero-order valence-electron chi connectivity index (χ0n) is 12.8. The molecule has 6 nitrogen and oxygen atoms in total. The van der Waals surface area contributed by atoms with Gasteiger partial charge >= 0.3 is 6.09 Å². The number of ether oxygens (including phenoxy) is 1. The molecule has 0 aliphatic heterocycles. The van der Waals surface area contributed by atoms with Crippen LogP contribution in [0.3, 0.4) is 0 Å². The molecule has 0 aromatic carbocycles. The minimum absolute atomic E-state index is 0.217. The summed E-state index contributed by atoms with van der Waals surface area (Å²) in [4.78, 5) is 26.7. The molecule has 8 heteroatoms. The van der Waals surface area contributed by atoms with Gasteiger partial charge in [-0.15, -0.1) is 0 Å². The van der Waals surface area contributed by atoms with Crippen molar-refractivity contribution >= 4 is 29.6 Å². The number of rotatable bonds is 6. The molecule has 0 saturated heterocycles. The summed E-state index contributed by atoms with van der Waals surface area (Å²) in [7, 11) is 0. The van der Waals surface area contributed by atoms with E-state index in [4.69, 9.17) is 4.74 Å². The number of halogens is 1. The normalized spacial score (nSPS) is 10.9. The van der Waals surface area contributed by atoms with E-state index in [1.165, 1.54) is 23.9 Å². The molecule has 0 aliphatic rings. The third kappa shape index (κ3) is 8.46. The molecule has 1 aromatic rings. The maximum absolute atomic E-state index is 12.7. The highest BCUT2D eigenvalue weighted by atomic mass is 32.2. The van der Waals surface area contributed by atoms with Crippen LogP contribution in [0, 0.1) is 5.82 Å². The lowest BCUT2D eigenvalue weighted by Gasteiger charge is -2.19. The summed E-state index contributed by atoms with van der Waals surface area (Å²) in [6, 6.07) is 2.61. The predicted octanol–water partition coefficient (Wildman–Crippen LogP) is 2.42. The number of nitrogens with zero attached hydrogens (tertiary/aromatic N) is 1. The van der Waals surface area contributed by atoms with Crippen LogP contribution in [0.15, 0.2) is 18.3 Å². The summed E-state index contributed by atoms with van der Waals surface area (Å²) >= 11 is 1.36. The van der Waals surface area contributed by atoms with Gasteiger partial charge in [0, 0.05) is 12.3 Å². The van der Waals surface area contributed by atoms with E-state index in [9.17, 15) is 14.0 Å². The average molecular weight is 329 g/mol. The van der Waals surface area contributed by atoms with Crippen LogP contribution < -0.4 is 10.6 Å². The van der Waals surface area contributed by atoms with Crippen LogP contribution in [0.1, 0.15) is 20.8 Å². The maximum Gasteiger partial charge on any atom is 0.407 e. The Kier molecular flexibility index (Phi) is 7.10. The van der Waals surface area contributed by atoms with Gasteiger partial charge in [-0.05, 0) is 32.9 Å². The molecule has 1 aromatic heterocycles. The zero-order chi connectivity index (χ0) is 16.6. The molecule has 2 N–H and O–H groups in total. The summed E-state index contributed by atoms with van der Waals surface area (Å²) in [6.45, 7) is 5.76. The highest BCUT2D eigenvalue weighted by Gasteiger charge is 2.15. The van der Waals surface area contributed by atoms with Gasteiger partial charge in [-0.1, -0.05) is 0 Å². The van der Waals surface area contributed by atoms with E-state index < -0.39 is 17.5 Å². The van der Waals surface area contributed by atoms with Gasteiger partial charge in [0.2, 0.25) is 5.91 Å². The number of pyridine rings is 1. The molecule has 122 valence electrons. The van der Waals surface area contributed by atoms with Gasteiger partial charge < -0.3 is 15.4 Å². The second-order valence-electron chi connectivity index (χ2n) is 5.39. The highest BCUT2D eigenvalue weighted by Crippen LogP contribution is 2.07. The first kappa shape index (κ1) is 18.2. The van der Waals surface area contributed by atoms with Crippen LogP contribution in [-0.4, -0.2) is 40.6 Å². The molecule has 0 bridgehead atoms. The topological polar surface area (TPSA) is 80.3 Å². The first-order chi connectivity index (χ1) is 10.3. The third-order valence-electron chi connectivity index (χ3n) is 2.14. The smallest absolute Gasteiger partial charge is 0.407 e. The number of alkyl carbamates (subject to hydrolysis) is 1. The molecule has 0 spiro atoms. The summed E-state index contributed by atoms with van der Waals surface area (Å²) in [6.07, 6.45) is 0.557. The van der Waals surface area contributed by atoms with Crippen molar-refractivity contribution in [3.63, 3.8) is 0 Å². The van der Waals surface area contributed by atoms with Crippen LogP contribution in [0.5, 0.6) is 0 Å². The molecule has 22 heavy (non-hydrogen) atoms. The maximum atomic E-state index is 12.7. The molecule has 0 fully saturated rings. The lowest BCUT2D eigenvalue weighted by molar-refractivity contribution is -0.113. The lowest BCUT2D eigenvalue weighted by Crippen LogP contribution is -2.33. The number of nitrogens with one attached hydrogen (secondary N) is 2. The number of hydrogen-bond donors (Lipinski definition) is 2. The Balaban J connectivity index is 2.13. The summed E-state index contributed by atoms with van der Waals surface area (Å²) in [5.41, 5.74) is -0.529. The van der Waals surface area contributed by atoms with Crippen molar-refractivity contribution in [3.8, 4) is 0 Å². The van der Waals surface area contributed by atoms with Crippen LogP contribution in [0.4, 0.5) is 15.0 Å². The van der Waals surface area contributed by atoms with E-state index in [1.54, 1.807) is 20.8 Å². The SMILES string of the molecule is CC(C)(C)OC(=O)NCCSCC(=O)Nc1ccc(F)cn1. The van der Waals surface area contributed by atoms with Gasteiger partial charge in [-0.3, -0.25) is 4.79 Å². The van der Waals surface area contributed by atoms with Gasteiger partial charge in [0.15, 0.2) is 0 Å². The van der Waals surface area contributed by atoms with Gasteiger partial charge in [0.25, 0.3) is 0 Å². The number of thioether (sulfide) groups is 1.